The molecule has 0 amide bonds. The molecule has 0 radical (unpaired) electrons. The Bertz CT molecular complexity index is 281. The highest BCUT2D eigenvalue weighted by Crippen LogP contribution is 2.07. The molecule has 0 aromatic carbocycles. The van der Waals surface area contributed by atoms with Crippen molar-refractivity contribution >= 4 is 28.1 Å². The highest BCUT2D eigenvalue weighted by atomic mass is 79.9. The Morgan fingerprint density at radius 3 is 3.00 bits per heavy atom. The molecule has 54 valence electrons. The molecule has 0 saturated heterocycles. The van der Waals surface area contributed by atoms with Crippen molar-refractivity contribution in [1.82, 2.24) is 9.97 Å². The maximum atomic E-state index is 4.96. The van der Waals surface area contributed by atoms with Crippen molar-refractivity contribution < 1.29 is 0 Å². The number of nitrogens with zero attached hydrogens (tertiary/aromatic N) is 1. The fourth-order valence-corrected chi connectivity index (χ4v) is 0.968. The third kappa shape index (κ3) is 1.64. The van der Waals surface area contributed by atoms with Crippen LogP contribution in [0.5, 0.6) is 0 Å². The SMILES string of the molecule is CCc1ncc(Br)c(=S)[nH]1. The molecule has 2 nitrogen and oxygen atoms in total. The van der Waals surface area contributed by atoms with E-state index in [0.717, 1.165) is 16.7 Å². The van der Waals surface area contributed by atoms with Crippen molar-refractivity contribution in [2.24, 2.45) is 0 Å². The van der Waals surface area contributed by atoms with Crippen LogP contribution in [0.4, 0.5) is 0 Å². The molecule has 0 bridgehead atoms. The zero-order valence-electron chi connectivity index (χ0n) is 5.52. The summed E-state index contributed by atoms with van der Waals surface area (Å²) in [6, 6.07) is 0. The summed E-state index contributed by atoms with van der Waals surface area (Å²) in [4.78, 5) is 7.07. The molecule has 1 aromatic heterocycles. The first kappa shape index (κ1) is 7.88. The average molecular weight is 219 g/mol. The summed E-state index contributed by atoms with van der Waals surface area (Å²) in [5.74, 6) is 0.924. The largest absolute Gasteiger partial charge is 0.334 e. The van der Waals surface area contributed by atoms with E-state index in [2.05, 4.69) is 25.9 Å². The maximum absolute atomic E-state index is 4.96. The van der Waals surface area contributed by atoms with Crippen LogP contribution in [0.3, 0.4) is 0 Å². The maximum Gasteiger partial charge on any atom is 0.120 e. The number of hydrogen-bond acceptors (Lipinski definition) is 2. The molecule has 0 saturated carbocycles. The lowest BCUT2D eigenvalue weighted by Gasteiger charge is -1.95. The van der Waals surface area contributed by atoms with Crippen LogP contribution < -0.4 is 0 Å². The number of aromatic amines is 1. The molecule has 0 atom stereocenters. The van der Waals surface area contributed by atoms with Gasteiger partial charge in [-0.2, -0.15) is 0 Å². The van der Waals surface area contributed by atoms with Crippen LogP contribution in [0.1, 0.15) is 12.7 Å². The molecule has 1 N–H and O–H groups in total. The van der Waals surface area contributed by atoms with Crippen molar-refractivity contribution in [3.8, 4) is 0 Å². The van der Waals surface area contributed by atoms with Gasteiger partial charge < -0.3 is 4.98 Å². The fourth-order valence-electron chi connectivity index (χ4n) is 0.596. The quantitative estimate of drug-likeness (QED) is 0.735. The van der Waals surface area contributed by atoms with E-state index in [9.17, 15) is 0 Å². The molecule has 0 aliphatic heterocycles. The second-order valence-corrected chi connectivity index (χ2v) is 3.12. The molecule has 4 heteroatoms. The molecular formula is C6H7BrN2S. The van der Waals surface area contributed by atoms with Crippen LogP contribution >= 0.6 is 28.1 Å². The van der Waals surface area contributed by atoms with Gasteiger partial charge in [0.25, 0.3) is 0 Å². The van der Waals surface area contributed by atoms with Gasteiger partial charge in [-0.15, -0.1) is 0 Å². The zero-order chi connectivity index (χ0) is 7.56. The van der Waals surface area contributed by atoms with Crippen molar-refractivity contribution in [3.63, 3.8) is 0 Å². The molecule has 0 spiro atoms. The minimum atomic E-state index is 0.715. The van der Waals surface area contributed by atoms with Gasteiger partial charge in [0.2, 0.25) is 0 Å². The van der Waals surface area contributed by atoms with Crippen molar-refractivity contribution in [2.45, 2.75) is 13.3 Å². The number of hydrogen-bond donors (Lipinski definition) is 1. The Hall–Kier alpha value is -0.220. The van der Waals surface area contributed by atoms with Crippen LogP contribution in [0.15, 0.2) is 10.7 Å². The second-order valence-electron chi connectivity index (χ2n) is 1.86. The molecule has 1 rings (SSSR count). The first-order valence-electron chi connectivity index (χ1n) is 2.97. The second kappa shape index (κ2) is 3.25. The Kier molecular flexibility index (Phi) is 2.56. The van der Waals surface area contributed by atoms with Gasteiger partial charge in [0, 0.05) is 12.6 Å². The molecule has 0 aliphatic carbocycles. The molecule has 0 fully saturated rings. The van der Waals surface area contributed by atoms with E-state index in [4.69, 9.17) is 12.2 Å². The molecular weight excluding hydrogens is 212 g/mol. The third-order valence-electron chi connectivity index (χ3n) is 1.14. The van der Waals surface area contributed by atoms with Crippen LogP contribution in [0.2, 0.25) is 0 Å². The molecule has 1 aromatic rings. The highest BCUT2D eigenvalue weighted by Gasteiger charge is 1.92. The number of H-pyrrole nitrogens is 1. The predicted octanol–water partition coefficient (Wildman–Crippen LogP) is 2.46. The monoisotopic (exact) mass is 218 g/mol. The van der Waals surface area contributed by atoms with E-state index >= 15 is 0 Å². The number of halogens is 1. The first-order valence-corrected chi connectivity index (χ1v) is 4.18. The fraction of sp³-hybridized carbons (Fsp3) is 0.333. The summed E-state index contributed by atoms with van der Waals surface area (Å²) in [5, 5.41) is 0. The molecule has 0 unspecified atom stereocenters. The predicted molar refractivity (Wildman–Crippen MR) is 46.5 cm³/mol. The third-order valence-corrected chi connectivity index (χ3v) is 2.33. The Balaban J connectivity index is 3.17. The van der Waals surface area contributed by atoms with E-state index in [-0.39, 0.29) is 0 Å². The smallest absolute Gasteiger partial charge is 0.120 e. The Morgan fingerprint density at radius 1 is 1.80 bits per heavy atom. The number of nitrogens with one attached hydrogen (secondary N) is 1. The molecule has 1 heterocycles. The number of aryl methyl sites for hydroxylation is 1. The normalized spacial score (nSPS) is 9.80. The number of rotatable bonds is 1. The average Bonchev–Trinajstić information content (AvgIpc) is 1.95. The van der Waals surface area contributed by atoms with Gasteiger partial charge in [-0.05, 0) is 15.9 Å². The van der Waals surface area contributed by atoms with Crippen molar-refractivity contribution in [3.05, 3.63) is 21.1 Å². The van der Waals surface area contributed by atoms with Crippen molar-refractivity contribution in [1.29, 1.82) is 0 Å². The molecule has 0 aliphatic rings. The van der Waals surface area contributed by atoms with Crippen LogP contribution in [-0.4, -0.2) is 9.97 Å². The first-order chi connectivity index (χ1) is 4.74. The van der Waals surface area contributed by atoms with E-state index in [1.165, 1.54) is 0 Å². The van der Waals surface area contributed by atoms with E-state index < -0.39 is 0 Å². The summed E-state index contributed by atoms with van der Waals surface area (Å²) in [6.45, 7) is 2.03. The van der Waals surface area contributed by atoms with Crippen LogP contribution in [0, 0.1) is 4.64 Å². The van der Waals surface area contributed by atoms with Gasteiger partial charge >= 0.3 is 0 Å². The number of aromatic nitrogens is 2. The lowest BCUT2D eigenvalue weighted by Crippen LogP contribution is -1.91. The van der Waals surface area contributed by atoms with Gasteiger partial charge in [-0.3, -0.25) is 0 Å². The lowest BCUT2D eigenvalue weighted by molar-refractivity contribution is 0.927. The van der Waals surface area contributed by atoms with Gasteiger partial charge in [-0.25, -0.2) is 4.98 Å². The Labute approximate surface area is 72.8 Å². The van der Waals surface area contributed by atoms with Gasteiger partial charge in [0.15, 0.2) is 0 Å². The van der Waals surface area contributed by atoms with Crippen molar-refractivity contribution in [2.75, 3.05) is 0 Å². The van der Waals surface area contributed by atoms with Gasteiger partial charge in [0.1, 0.15) is 10.5 Å². The standard InChI is InChI=1S/C6H7BrN2S/c1-2-5-8-3-4(7)6(10)9-5/h3H,2H2,1H3,(H,8,9,10). The summed E-state index contributed by atoms with van der Waals surface area (Å²) in [6.07, 6.45) is 2.61. The lowest BCUT2D eigenvalue weighted by atomic mass is 10.4. The summed E-state index contributed by atoms with van der Waals surface area (Å²) < 4.78 is 1.56. The van der Waals surface area contributed by atoms with Gasteiger partial charge in [0.05, 0.1) is 4.47 Å². The van der Waals surface area contributed by atoms with E-state index in [0.29, 0.717) is 4.64 Å². The van der Waals surface area contributed by atoms with Crippen LogP contribution in [-0.2, 0) is 6.42 Å². The minimum absolute atomic E-state index is 0.715. The Morgan fingerprint density at radius 2 is 2.50 bits per heavy atom. The summed E-state index contributed by atoms with van der Waals surface area (Å²) >= 11 is 8.23. The van der Waals surface area contributed by atoms with E-state index in [1.54, 1.807) is 6.20 Å². The van der Waals surface area contributed by atoms with Gasteiger partial charge in [-0.1, -0.05) is 19.1 Å². The topological polar surface area (TPSA) is 28.7 Å². The summed E-state index contributed by atoms with van der Waals surface area (Å²) in [7, 11) is 0. The van der Waals surface area contributed by atoms with E-state index in [1.807, 2.05) is 6.92 Å². The van der Waals surface area contributed by atoms with Crippen LogP contribution in [0.25, 0.3) is 0 Å². The zero-order valence-corrected chi connectivity index (χ0v) is 7.92. The summed E-state index contributed by atoms with van der Waals surface area (Å²) in [5.41, 5.74) is 0. The highest BCUT2D eigenvalue weighted by molar-refractivity contribution is 9.10. The molecule has 10 heavy (non-hydrogen) atoms. The minimum Gasteiger partial charge on any atom is -0.334 e.